The maximum absolute atomic E-state index is 10.9. The minimum absolute atomic E-state index is 0.432. The minimum Gasteiger partial charge on any atom is -0.314 e. The zero-order chi connectivity index (χ0) is 7.90. The quantitative estimate of drug-likeness (QED) is 0.564. The zero-order valence-corrected chi connectivity index (χ0v) is 7.02. The van der Waals surface area contributed by atoms with Gasteiger partial charge in [-0.15, -0.1) is 0 Å². The Hall–Kier alpha value is -0.370. The molecule has 0 aromatic heterocycles. The summed E-state index contributed by atoms with van der Waals surface area (Å²) in [7, 11) is 0. The number of hydrogen-bond donors (Lipinski definition) is 1. The fraction of sp³-hybridized carbons (Fsp3) is 0.889. The van der Waals surface area contributed by atoms with Gasteiger partial charge in [-0.3, -0.25) is 4.79 Å². The molecular formula is C9H15NO. The maximum atomic E-state index is 10.9. The van der Waals surface area contributed by atoms with Gasteiger partial charge >= 0.3 is 0 Å². The lowest BCUT2D eigenvalue weighted by atomic mass is 9.61. The van der Waals surface area contributed by atoms with Crippen LogP contribution < -0.4 is 5.32 Å². The first-order valence-corrected chi connectivity index (χ1v) is 4.45. The van der Waals surface area contributed by atoms with E-state index in [0.29, 0.717) is 17.2 Å². The van der Waals surface area contributed by atoms with E-state index in [1.165, 1.54) is 12.8 Å². The summed E-state index contributed by atoms with van der Waals surface area (Å²) in [5.41, 5.74) is 0.432. The molecule has 0 unspecified atom stereocenters. The standard InChI is InChI=1S/C9H15NO/c1-7-4-9(2-3-10-7)5-8(11)6-9/h7,10H,2-6H2,1H3/t7-/m0/s1. The van der Waals surface area contributed by atoms with Crippen molar-refractivity contribution in [2.45, 2.75) is 38.6 Å². The van der Waals surface area contributed by atoms with Crippen molar-refractivity contribution in [3.63, 3.8) is 0 Å². The van der Waals surface area contributed by atoms with Gasteiger partial charge in [0.1, 0.15) is 5.78 Å². The van der Waals surface area contributed by atoms with E-state index in [0.717, 1.165) is 19.4 Å². The van der Waals surface area contributed by atoms with Gasteiger partial charge in [0.25, 0.3) is 0 Å². The van der Waals surface area contributed by atoms with Crippen LogP contribution in [-0.4, -0.2) is 18.4 Å². The lowest BCUT2D eigenvalue weighted by Gasteiger charge is -2.46. The predicted molar refractivity (Wildman–Crippen MR) is 43.4 cm³/mol. The van der Waals surface area contributed by atoms with E-state index < -0.39 is 0 Å². The van der Waals surface area contributed by atoms with Gasteiger partial charge in [0.15, 0.2) is 0 Å². The van der Waals surface area contributed by atoms with Crippen molar-refractivity contribution in [1.29, 1.82) is 0 Å². The Morgan fingerprint density at radius 1 is 1.55 bits per heavy atom. The van der Waals surface area contributed by atoms with E-state index in [4.69, 9.17) is 0 Å². The van der Waals surface area contributed by atoms with Gasteiger partial charge in [-0.05, 0) is 31.7 Å². The lowest BCUT2D eigenvalue weighted by molar-refractivity contribution is -0.134. The van der Waals surface area contributed by atoms with Crippen LogP contribution in [0.3, 0.4) is 0 Å². The number of piperidine rings is 1. The first-order chi connectivity index (χ1) is 5.20. The average Bonchev–Trinajstić information content (AvgIpc) is 1.84. The number of nitrogens with one attached hydrogen (secondary N) is 1. The third-order valence-corrected chi connectivity index (χ3v) is 3.03. The van der Waals surface area contributed by atoms with Crippen molar-refractivity contribution < 1.29 is 4.79 Å². The Bertz CT molecular complexity index is 180. The molecule has 0 bridgehead atoms. The Balaban J connectivity index is 1.98. The fourth-order valence-electron chi connectivity index (χ4n) is 2.51. The molecule has 1 saturated carbocycles. The van der Waals surface area contributed by atoms with Crippen molar-refractivity contribution in [1.82, 2.24) is 5.32 Å². The molecule has 1 spiro atoms. The third-order valence-electron chi connectivity index (χ3n) is 3.03. The lowest BCUT2D eigenvalue weighted by Crippen LogP contribution is -2.49. The van der Waals surface area contributed by atoms with Gasteiger partial charge in [-0.1, -0.05) is 0 Å². The van der Waals surface area contributed by atoms with Crippen molar-refractivity contribution in [3.05, 3.63) is 0 Å². The number of rotatable bonds is 0. The van der Waals surface area contributed by atoms with Crippen LogP contribution in [0.25, 0.3) is 0 Å². The summed E-state index contributed by atoms with van der Waals surface area (Å²) in [6.07, 6.45) is 4.14. The molecule has 0 aromatic rings. The molecule has 1 N–H and O–H groups in total. The van der Waals surface area contributed by atoms with E-state index in [-0.39, 0.29) is 0 Å². The van der Waals surface area contributed by atoms with E-state index in [2.05, 4.69) is 12.2 Å². The first-order valence-electron chi connectivity index (χ1n) is 4.45. The zero-order valence-electron chi connectivity index (χ0n) is 7.02. The molecule has 2 heteroatoms. The summed E-state index contributed by atoms with van der Waals surface area (Å²) >= 11 is 0. The molecular weight excluding hydrogens is 138 g/mol. The van der Waals surface area contributed by atoms with Crippen molar-refractivity contribution in [2.75, 3.05) is 6.54 Å². The largest absolute Gasteiger partial charge is 0.314 e. The van der Waals surface area contributed by atoms with Gasteiger partial charge in [-0.2, -0.15) is 0 Å². The van der Waals surface area contributed by atoms with E-state index >= 15 is 0 Å². The molecule has 1 aliphatic heterocycles. The topological polar surface area (TPSA) is 29.1 Å². The summed E-state index contributed by atoms with van der Waals surface area (Å²) in [6.45, 7) is 3.32. The fourth-order valence-corrected chi connectivity index (χ4v) is 2.51. The van der Waals surface area contributed by atoms with Crippen LogP contribution in [0.2, 0.25) is 0 Å². The van der Waals surface area contributed by atoms with Crippen LogP contribution in [0.1, 0.15) is 32.6 Å². The number of carbonyl (C=O) groups excluding carboxylic acids is 1. The minimum atomic E-state index is 0.432. The highest BCUT2D eigenvalue weighted by atomic mass is 16.1. The molecule has 1 atom stereocenters. The van der Waals surface area contributed by atoms with Crippen molar-refractivity contribution in [2.24, 2.45) is 5.41 Å². The summed E-state index contributed by atoms with van der Waals surface area (Å²) in [5.74, 6) is 0.471. The maximum Gasteiger partial charge on any atom is 0.134 e. The molecule has 62 valence electrons. The highest BCUT2D eigenvalue weighted by Crippen LogP contribution is 2.46. The Morgan fingerprint density at radius 2 is 2.27 bits per heavy atom. The number of hydrogen-bond acceptors (Lipinski definition) is 2. The smallest absolute Gasteiger partial charge is 0.134 e. The first kappa shape index (κ1) is 7.29. The molecule has 1 aliphatic carbocycles. The van der Waals surface area contributed by atoms with Crippen LogP contribution in [0, 0.1) is 5.41 Å². The van der Waals surface area contributed by atoms with Crippen LogP contribution in [0.4, 0.5) is 0 Å². The molecule has 1 heterocycles. The average molecular weight is 153 g/mol. The van der Waals surface area contributed by atoms with Crippen LogP contribution in [-0.2, 0) is 4.79 Å². The molecule has 11 heavy (non-hydrogen) atoms. The van der Waals surface area contributed by atoms with Crippen LogP contribution >= 0.6 is 0 Å². The van der Waals surface area contributed by atoms with Crippen molar-refractivity contribution in [3.8, 4) is 0 Å². The molecule has 0 amide bonds. The summed E-state index contributed by atoms with van der Waals surface area (Å²) in [5, 5.41) is 3.41. The molecule has 0 radical (unpaired) electrons. The summed E-state index contributed by atoms with van der Waals surface area (Å²) < 4.78 is 0. The monoisotopic (exact) mass is 153 g/mol. The second-order valence-corrected chi connectivity index (χ2v) is 4.20. The number of carbonyl (C=O) groups is 1. The molecule has 2 fully saturated rings. The van der Waals surface area contributed by atoms with Gasteiger partial charge in [0.2, 0.25) is 0 Å². The molecule has 2 nitrogen and oxygen atoms in total. The molecule has 1 saturated heterocycles. The van der Waals surface area contributed by atoms with E-state index in [9.17, 15) is 4.79 Å². The van der Waals surface area contributed by atoms with E-state index in [1.807, 2.05) is 0 Å². The SMILES string of the molecule is C[C@H]1CC2(CCN1)CC(=O)C2. The Labute approximate surface area is 67.4 Å². The van der Waals surface area contributed by atoms with Gasteiger partial charge in [0, 0.05) is 18.9 Å². The number of ketones is 1. The van der Waals surface area contributed by atoms with Gasteiger partial charge in [0.05, 0.1) is 0 Å². The highest BCUT2D eigenvalue weighted by Gasteiger charge is 2.45. The van der Waals surface area contributed by atoms with Gasteiger partial charge in [-0.25, -0.2) is 0 Å². The second-order valence-electron chi connectivity index (χ2n) is 4.20. The third kappa shape index (κ3) is 1.20. The molecule has 0 aromatic carbocycles. The normalized spacial score (nSPS) is 35.4. The Kier molecular flexibility index (Phi) is 1.53. The second kappa shape index (κ2) is 2.31. The Morgan fingerprint density at radius 3 is 2.82 bits per heavy atom. The summed E-state index contributed by atoms with van der Waals surface area (Å²) in [6, 6.07) is 0.622. The molecule has 2 aliphatic rings. The molecule has 2 rings (SSSR count). The summed E-state index contributed by atoms with van der Waals surface area (Å²) in [4.78, 5) is 10.9. The van der Waals surface area contributed by atoms with Crippen LogP contribution in [0.15, 0.2) is 0 Å². The number of Topliss-reactive ketones (excluding diaryl/α,β-unsaturated/α-hetero) is 1. The predicted octanol–water partition coefficient (Wildman–Crippen LogP) is 1.11. The highest BCUT2D eigenvalue weighted by molar-refractivity contribution is 5.86. The van der Waals surface area contributed by atoms with Gasteiger partial charge < -0.3 is 5.32 Å². The van der Waals surface area contributed by atoms with E-state index in [1.54, 1.807) is 0 Å². The van der Waals surface area contributed by atoms with Crippen molar-refractivity contribution >= 4 is 5.78 Å². The van der Waals surface area contributed by atoms with Crippen LogP contribution in [0.5, 0.6) is 0 Å².